The van der Waals surface area contributed by atoms with E-state index in [4.69, 9.17) is 5.73 Å². The Kier molecular flexibility index (Phi) is 7.06. The van der Waals surface area contributed by atoms with Crippen molar-refractivity contribution < 1.29 is 0 Å². The highest BCUT2D eigenvalue weighted by molar-refractivity contribution is 4.81. The Morgan fingerprint density at radius 3 is 2.06 bits per heavy atom. The van der Waals surface area contributed by atoms with Gasteiger partial charge in [-0.2, -0.15) is 0 Å². The second kappa shape index (κ2) is 8.08. The first-order valence-electron chi connectivity index (χ1n) is 7.27. The first-order chi connectivity index (χ1) is 7.81. The molecule has 0 heterocycles. The molecule has 96 valence electrons. The molecule has 0 aromatic heterocycles. The summed E-state index contributed by atoms with van der Waals surface area (Å²) in [7, 11) is 0. The van der Waals surface area contributed by atoms with Gasteiger partial charge in [0.05, 0.1) is 0 Å². The van der Waals surface area contributed by atoms with Crippen LogP contribution in [0.5, 0.6) is 0 Å². The van der Waals surface area contributed by atoms with Gasteiger partial charge in [-0.15, -0.1) is 0 Å². The average Bonchev–Trinajstić information content (AvgIpc) is 2.57. The van der Waals surface area contributed by atoms with Crippen molar-refractivity contribution in [3.8, 4) is 0 Å². The molecule has 0 spiro atoms. The van der Waals surface area contributed by atoms with Gasteiger partial charge in [-0.3, -0.25) is 0 Å². The van der Waals surface area contributed by atoms with Gasteiger partial charge in [0.2, 0.25) is 0 Å². The third-order valence-corrected chi connectivity index (χ3v) is 4.18. The molecule has 1 aliphatic carbocycles. The summed E-state index contributed by atoms with van der Waals surface area (Å²) < 4.78 is 0. The maximum absolute atomic E-state index is 5.92. The SMILES string of the molecule is CCC(CC)C(CN)NC1CCCCCC1. The molecule has 0 aliphatic heterocycles. The quantitative estimate of drug-likeness (QED) is 0.683. The fourth-order valence-corrected chi connectivity index (χ4v) is 3.00. The lowest BCUT2D eigenvalue weighted by molar-refractivity contribution is 0.295. The molecule has 0 aromatic rings. The van der Waals surface area contributed by atoms with Crippen molar-refractivity contribution in [1.82, 2.24) is 5.32 Å². The topological polar surface area (TPSA) is 38.0 Å². The van der Waals surface area contributed by atoms with Crippen LogP contribution in [-0.4, -0.2) is 18.6 Å². The van der Waals surface area contributed by atoms with E-state index in [0.29, 0.717) is 6.04 Å². The molecule has 0 aromatic carbocycles. The molecular formula is C14H30N2. The summed E-state index contributed by atoms with van der Waals surface area (Å²) in [6.07, 6.45) is 10.9. The molecule has 1 fully saturated rings. The van der Waals surface area contributed by atoms with Crippen LogP contribution >= 0.6 is 0 Å². The summed E-state index contributed by atoms with van der Waals surface area (Å²) in [5.41, 5.74) is 5.92. The average molecular weight is 226 g/mol. The standard InChI is InChI=1S/C14H30N2/c1-3-12(4-2)14(11-15)16-13-9-7-5-6-8-10-13/h12-14,16H,3-11,15H2,1-2H3. The highest BCUT2D eigenvalue weighted by atomic mass is 15.0. The Morgan fingerprint density at radius 1 is 1.06 bits per heavy atom. The van der Waals surface area contributed by atoms with Crippen molar-refractivity contribution in [2.24, 2.45) is 11.7 Å². The fraction of sp³-hybridized carbons (Fsp3) is 1.00. The normalized spacial score (nSPS) is 21.0. The molecule has 0 radical (unpaired) electrons. The van der Waals surface area contributed by atoms with Crippen molar-refractivity contribution in [1.29, 1.82) is 0 Å². The van der Waals surface area contributed by atoms with E-state index < -0.39 is 0 Å². The van der Waals surface area contributed by atoms with E-state index in [0.717, 1.165) is 18.5 Å². The molecular weight excluding hydrogens is 196 g/mol. The number of nitrogens with one attached hydrogen (secondary N) is 1. The van der Waals surface area contributed by atoms with Gasteiger partial charge >= 0.3 is 0 Å². The summed E-state index contributed by atoms with van der Waals surface area (Å²) in [6, 6.07) is 1.27. The van der Waals surface area contributed by atoms with Crippen molar-refractivity contribution in [3.63, 3.8) is 0 Å². The van der Waals surface area contributed by atoms with E-state index in [1.54, 1.807) is 0 Å². The Labute approximate surface area is 101 Å². The van der Waals surface area contributed by atoms with Gasteiger partial charge in [-0.25, -0.2) is 0 Å². The number of rotatable bonds is 6. The maximum Gasteiger partial charge on any atom is 0.0220 e. The minimum Gasteiger partial charge on any atom is -0.329 e. The van der Waals surface area contributed by atoms with Crippen LogP contribution in [0.15, 0.2) is 0 Å². The van der Waals surface area contributed by atoms with E-state index in [-0.39, 0.29) is 0 Å². The van der Waals surface area contributed by atoms with Crippen LogP contribution in [0.3, 0.4) is 0 Å². The van der Waals surface area contributed by atoms with Crippen molar-refractivity contribution in [3.05, 3.63) is 0 Å². The fourth-order valence-electron chi connectivity index (χ4n) is 3.00. The van der Waals surface area contributed by atoms with Crippen molar-refractivity contribution in [2.45, 2.75) is 77.3 Å². The van der Waals surface area contributed by atoms with E-state index in [9.17, 15) is 0 Å². The number of nitrogens with two attached hydrogens (primary N) is 1. The summed E-state index contributed by atoms with van der Waals surface area (Å²) in [6.45, 7) is 5.36. The molecule has 1 atom stereocenters. The molecule has 0 bridgehead atoms. The third-order valence-electron chi connectivity index (χ3n) is 4.18. The predicted molar refractivity (Wildman–Crippen MR) is 71.5 cm³/mol. The molecule has 16 heavy (non-hydrogen) atoms. The minimum atomic E-state index is 0.540. The first kappa shape index (κ1) is 14.0. The van der Waals surface area contributed by atoms with Crippen LogP contribution in [-0.2, 0) is 0 Å². The molecule has 1 saturated carbocycles. The van der Waals surface area contributed by atoms with Gasteiger partial charge < -0.3 is 11.1 Å². The van der Waals surface area contributed by atoms with E-state index in [1.165, 1.54) is 51.4 Å². The van der Waals surface area contributed by atoms with Crippen LogP contribution in [0.1, 0.15) is 65.2 Å². The monoisotopic (exact) mass is 226 g/mol. The van der Waals surface area contributed by atoms with Gasteiger partial charge in [-0.05, 0) is 18.8 Å². The molecule has 0 amide bonds. The summed E-state index contributed by atoms with van der Waals surface area (Å²) in [4.78, 5) is 0. The van der Waals surface area contributed by atoms with E-state index >= 15 is 0 Å². The Bertz CT molecular complexity index is 158. The lowest BCUT2D eigenvalue weighted by Gasteiger charge is -2.29. The van der Waals surface area contributed by atoms with Crippen molar-refractivity contribution >= 4 is 0 Å². The van der Waals surface area contributed by atoms with Crippen LogP contribution in [0, 0.1) is 5.92 Å². The first-order valence-corrected chi connectivity index (χ1v) is 7.27. The Hall–Kier alpha value is -0.0800. The van der Waals surface area contributed by atoms with Gasteiger partial charge in [0.1, 0.15) is 0 Å². The summed E-state index contributed by atoms with van der Waals surface area (Å²) in [5, 5.41) is 3.82. The van der Waals surface area contributed by atoms with Gasteiger partial charge in [-0.1, -0.05) is 52.4 Å². The van der Waals surface area contributed by atoms with Gasteiger partial charge in [0.25, 0.3) is 0 Å². The van der Waals surface area contributed by atoms with Crippen molar-refractivity contribution in [2.75, 3.05) is 6.54 Å². The molecule has 1 rings (SSSR count). The van der Waals surface area contributed by atoms with E-state index in [1.807, 2.05) is 0 Å². The zero-order chi connectivity index (χ0) is 11.8. The van der Waals surface area contributed by atoms with Gasteiger partial charge in [0, 0.05) is 18.6 Å². The summed E-state index contributed by atoms with van der Waals surface area (Å²) in [5.74, 6) is 0.758. The Morgan fingerprint density at radius 2 is 1.62 bits per heavy atom. The van der Waals surface area contributed by atoms with E-state index in [2.05, 4.69) is 19.2 Å². The Balaban J connectivity index is 2.40. The van der Waals surface area contributed by atoms with Crippen LogP contribution in [0.4, 0.5) is 0 Å². The van der Waals surface area contributed by atoms with Crippen LogP contribution < -0.4 is 11.1 Å². The predicted octanol–water partition coefficient (Wildman–Crippen LogP) is 3.06. The lowest BCUT2D eigenvalue weighted by Crippen LogP contribution is -2.47. The summed E-state index contributed by atoms with van der Waals surface area (Å²) >= 11 is 0. The second-order valence-electron chi connectivity index (χ2n) is 5.27. The van der Waals surface area contributed by atoms with Crippen LogP contribution in [0.2, 0.25) is 0 Å². The molecule has 2 heteroatoms. The molecule has 0 saturated heterocycles. The molecule has 3 N–H and O–H groups in total. The number of hydrogen-bond donors (Lipinski definition) is 2. The highest BCUT2D eigenvalue weighted by Gasteiger charge is 2.21. The molecule has 1 aliphatic rings. The minimum absolute atomic E-state index is 0.540. The molecule has 2 nitrogen and oxygen atoms in total. The zero-order valence-electron chi connectivity index (χ0n) is 11.2. The smallest absolute Gasteiger partial charge is 0.0220 e. The van der Waals surface area contributed by atoms with Gasteiger partial charge in [0.15, 0.2) is 0 Å². The number of hydrogen-bond acceptors (Lipinski definition) is 2. The third kappa shape index (κ3) is 4.42. The maximum atomic E-state index is 5.92. The second-order valence-corrected chi connectivity index (χ2v) is 5.27. The van der Waals surface area contributed by atoms with Crippen LogP contribution in [0.25, 0.3) is 0 Å². The lowest BCUT2D eigenvalue weighted by atomic mass is 9.92. The highest BCUT2D eigenvalue weighted by Crippen LogP contribution is 2.20. The molecule has 1 unspecified atom stereocenters. The largest absolute Gasteiger partial charge is 0.329 e. The zero-order valence-corrected chi connectivity index (χ0v) is 11.2.